The second-order valence-electron chi connectivity index (χ2n) is 6.67. The molecule has 0 N–H and O–H groups in total. The van der Waals surface area contributed by atoms with Crippen LogP contribution in [0.25, 0.3) is 0 Å². The quantitative estimate of drug-likeness (QED) is 0.452. The minimum absolute atomic E-state index is 0.0143. The first-order valence-electron chi connectivity index (χ1n) is 8.61. The molecule has 1 aromatic carbocycles. The Balaban J connectivity index is 1.90. The minimum Gasteiger partial charge on any atom is -0.351 e. The van der Waals surface area contributed by atoms with E-state index in [0.717, 1.165) is 36.4 Å². The molecule has 26 heavy (non-hydrogen) atoms. The summed E-state index contributed by atoms with van der Waals surface area (Å²) in [6.07, 6.45) is 3.35. The zero-order valence-electron chi connectivity index (χ0n) is 15.3. The molecule has 8 heteroatoms. The molecular formula is C18H23N5O2S. The predicted octanol–water partition coefficient (Wildman–Crippen LogP) is 3.37. The number of piperidine rings is 1. The Bertz CT molecular complexity index is 776. The van der Waals surface area contributed by atoms with Crippen LogP contribution in [0.1, 0.15) is 18.4 Å². The molecule has 0 aliphatic carbocycles. The van der Waals surface area contributed by atoms with E-state index in [1.807, 2.05) is 43.1 Å². The van der Waals surface area contributed by atoms with E-state index in [4.69, 9.17) is 0 Å². The monoisotopic (exact) mass is 373 g/mol. The maximum absolute atomic E-state index is 11.8. The van der Waals surface area contributed by atoms with Gasteiger partial charge in [0.05, 0.1) is 4.92 Å². The summed E-state index contributed by atoms with van der Waals surface area (Å²) in [5.74, 6) is 0.397. The number of aromatic nitrogens is 2. The average molecular weight is 373 g/mol. The predicted molar refractivity (Wildman–Crippen MR) is 103 cm³/mol. The Labute approximate surface area is 157 Å². The summed E-state index contributed by atoms with van der Waals surface area (Å²) in [5, 5.41) is 12.2. The van der Waals surface area contributed by atoms with Gasteiger partial charge < -0.3 is 9.80 Å². The van der Waals surface area contributed by atoms with E-state index in [1.54, 1.807) is 0 Å². The number of hydrogen-bond acceptors (Lipinski definition) is 7. The van der Waals surface area contributed by atoms with Crippen LogP contribution < -0.4 is 4.90 Å². The van der Waals surface area contributed by atoms with Gasteiger partial charge >= 0.3 is 5.69 Å². The summed E-state index contributed by atoms with van der Waals surface area (Å²) >= 11 is 1.30. The molecule has 3 rings (SSSR count). The van der Waals surface area contributed by atoms with Crippen LogP contribution >= 0.6 is 11.8 Å². The lowest BCUT2D eigenvalue weighted by Crippen LogP contribution is -2.42. The number of aryl methyl sites for hydroxylation is 1. The maximum atomic E-state index is 11.8. The van der Waals surface area contributed by atoms with Crippen LogP contribution in [-0.2, 0) is 0 Å². The van der Waals surface area contributed by atoms with Gasteiger partial charge in [-0.3, -0.25) is 10.1 Å². The normalized spacial score (nSPS) is 15.8. The largest absolute Gasteiger partial charge is 0.351 e. The van der Waals surface area contributed by atoms with Crippen LogP contribution in [0.15, 0.2) is 40.5 Å². The summed E-state index contributed by atoms with van der Waals surface area (Å²) in [5.41, 5.74) is 1.13. The molecule has 2 heterocycles. The van der Waals surface area contributed by atoms with Crippen molar-refractivity contribution in [1.82, 2.24) is 14.9 Å². The highest BCUT2D eigenvalue weighted by molar-refractivity contribution is 7.99. The van der Waals surface area contributed by atoms with Gasteiger partial charge in [0.2, 0.25) is 5.82 Å². The van der Waals surface area contributed by atoms with Crippen molar-refractivity contribution in [2.75, 3.05) is 32.1 Å². The van der Waals surface area contributed by atoms with Gasteiger partial charge in [-0.05, 0) is 52.0 Å². The van der Waals surface area contributed by atoms with E-state index in [9.17, 15) is 10.1 Å². The molecule has 0 spiro atoms. The number of hydrogen-bond donors (Lipinski definition) is 0. The van der Waals surface area contributed by atoms with Crippen molar-refractivity contribution in [3.05, 3.63) is 46.3 Å². The third kappa shape index (κ3) is 4.13. The average Bonchev–Trinajstić information content (AvgIpc) is 2.63. The van der Waals surface area contributed by atoms with Crippen LogP contribution in [-0.4, -0.2) is 53.0 Å². The number of benzene rings is 1. The fourth-order valence-electron chi connectivity index (χ4n) is 3.12. The van der Waals surface area contributed by atoms with E-state index in [2.05, 4.69) is 21.9 Å². The van der Waals surface area contributed by atoms with E-state index in [-0.39, 0.29) is 16.7 Å². The Morgan fingerprint density at radius 1 is 1.23 bits per heavy atom. The molecule has 1 fully saturated rings. The van der Waals surface area contributed by atoms with Crippen LogP contribution in [0, 0.1) is 17.0 Å². The third-order valence-electron chi connectivity index (χ3n) is 4.76. The highest BCUT2D eigenvalue weighted by atomic mass is 32.2. The van der Waals surface area contributed by atoms with Crippen molar-refractivity contribution < 1.29 is 4.92 Å². The molecule has 138 valence electrons. The van der Waals surface area contributed by atoms with Crippen molar-refractivity contribution in [1.29, 1.82) is 0 Å². The molecule has 1 aromatic heterocycles. The fourth-order valence-corrected chi connectivity index (χ4v) is 3.98. The van der Waals surface area contributed by atoms with Crippen molar-refractivity contribution in [2.45, 2.75) is 35.7 Å². The SMILES string of the molecule is Cc1ccc(Sc2ncnc(N(C)C3CCN(C)CC3)c2[N+](=O)[O-])cc1. The van der Waals surface area contributed by atoms with Gasteiger partial charge in [0.25, 0.3) is 0 Å². The summed E-state index contributed by atoms with van der Waals surface area (Å²) in [4.78, 5) is 25.0. The van der Waals surface area contributed by atoms with Crippen molar-refractivity contribution in [3.8, 4) is 0 Å². The molecule has 1 saturated heterocycles. The van der Waals surface area contributed by atoms with E-state index < -0.39 is 0 Å². The molecule has 0 atom stereocenters. The van der Waals surface area contributed by atoms with Crippen LogP contribution in [0.3, 0.4) is 0 Å². The van der Waals surface area contributed by atoms with Gasteiger partial charge in [0, 0.05) is 18.0 Å². The van der Waals surface area contributed by atoms with Gasteiger partial charge in [-0.1, -0.05) is 29.5 Å². The summed E-state index contributed by atoms with van der Waals surface area (Å²) in [7, 11) is 3.99. The van der Waals surface area contributed by atoms with Crippen LogP contribution in [0.2, 0.25) is 0 Å². The lowest BCUT2D eigenvalue weighted by Gasteiger charge is -2.35. The van der Waals surface area contributed by atoms with Crippen LogP contribution in [0.4, 0.5) is 11.5 Å². The lowest BCUT2D eigenvalue weighted by molar-refractivity contribution is -0.387. The lowest BCUT2D eigenvalue weighted by atomic mass is 10.0. The van der Waals surface area contributed by atoms with Gasteiger partial charge in [-0.15, -0.1) is 0 Å². The summed E-state index contributed by atoms with van der Waals surface area (Å²) in [6, 6.07) is 8.12. The molecule has 7 nitrogen and oxygen atoms in total. The Kier molecular flexibility index (Phi) is 5.73. The van der Waals surface area contributed by atoms with Gasteiger partial charge in [0.1, 0.15) is 6.33 Å². The van der Waals surface area contributed by atoms with Crippen molar-refractivity contribution >= 4 is 23.3 Å². The van der Waals surface area contributed by atoms with Crippen molar-refractivity contribution in [2.24, 2.45) is 0 Å². The topological polar surface area (TPSA) is 75.4 Å². The molecule has 1 aliphatic heterocycles. The number of rotatable bonds is 5. The molecule has 0 amide bonds. The number of nitrogens with zero attached hydrogens (tertiary/aromatic N) is 5. The third-order valence-corrected chi connectivity index (χ3v) is 5.76. The first-order valence-corrected chi connectivity index (χ1v) is 9.42. The van der Waals surface area contributed by atoms with E-state index in [1.165, 1.54) is 18.1 Å². The Hall–Kier alpha value is -2.19. The van der Waals surface area contributed by atoms with Gasteiger partial charge in [0.15, 0.2) is 5.03 Å². The molecule has 0 unspecified atom stereocenters. The Morgan fingerprint density at radius 2 is 1.88 bits per heavy atom. The second kappa shape index (κ2) is 8.01. The molecule has 0 radical (unpaired) electrons. The summed E-state index contributed by atoms with van der Waals surface area (Å²) < 4.78 is 0. The number of nitro groups is 1. The number of anilines is 1. The fraction of sp³-hybridized carbons (Fsp3) is 0.444. The first kappa shape index (κ1) is 18.6. The standard InChI is InChI=1S/C18H23N5O2S/c1-13-4-6-15(7-5-13)26-18-16(23(24)25)17(19-12-20-18)22(3)14-8-10-21(2)11-9-14/h4-7,12,14H,8-11H2,1-3H3. The van der Waals surface area contributed by atoms with E-state index in [0.29, 0.717) is 10.8 Å². The molecule has 0 saturated carbocycles. The minimum atomic E-state index is -0.364. The highest BCUT2D eigenvalue weighted by Crippen LogP contribution is 2.38. The molecular weight excluding hydrogens is 350 g/mol. The van der Waals surface area contributed by atoms with Gasteiger partial charge in [-0.25, -0.2) is 9.97 Å². The van der Waals surface area contributed by atoms with Gasteiger partial charge in [-0.2, -0.15) is 0 Å². The van der Waals surface area contributed by atoms with E-state index >= 15 is 0 Å². The molecule has 2 aromatic rings. The zero-order valence-corrected chi connectivity index (χ0v) is 16.1. The second-order valence-corrected chi connectivity index (χ2v) is 7.73. The van der Waals surface area contributed by atoms with Crippen LogP contribution in [0.5, 0.6) is 0 Å². The smallest absolute Gasteiger partial charge is 0.343 e. The first-order chi connectivity index (χ1) is 12.5. The highest BCUT2D eigenvalue weighted by Gasteiger charge is 2.30. The van der Waals surface area contributed by atoms with Crippen molar-refractivity contribution in [3.63, 3.8) is 0 Å². The zero-order chi connectivity index (χ0) is 18.7. The Morgan fingerprint density at radius 3 is 2.50 bits per heavy atom. The summed E-state index contributed by atoms with van der Waals surface area (Å²) in [6.45, 7) is 3.98. The maximum Gasteiger partial charge on any atom is 0.343 e. The molecule has 0 bridgehead atoms. The molecule has 1 aliphatic rings. The number of likely N-dealkylation sites (tertiary alicyclic amines) is 1.